The molecule has 0 bridgehead atoms. The average molecular weight is 282 g/mol. The number of anilines is 1. The third kappa shape index (κ3) is 3.94. The molecule has 0 unspecified atom stereocenters. The van der Waals surface area contributed by atoms with Crippen LogP contribution in [0.1, 0.15) is 18.4 Å². The molecule has 1 heterocycles. The zero-order valence-corrected chi connectivity index (χ0v) is 12.4. The summed E-state index contributed by atoms with van der Waals surface area (Å²) in [5, 5.41) is 3.37. The molecule has 1 fully saturated rings. The Morgan fingerprint density at radius 1 is 1.21 bits per heavy atom. The van der Waals surface area contributed by atoms with Gasteiger partial charge in [0.05, 0.1) is 11.9 Å². The van der Waals surface area contributed by atoms with Crippen LogP contribution in [-0.4, -0.2) is 34.8 Å². The van der Waals surface area contributed by atoms with Gasteiger partial charge in [-0.2, -0.15) is 0 Å². The molecule has 1 saturated heterocycles. The number of nitrogens with zero attached hydrogens (tertiary/aromatic N) is 1. The van der Waals surface area contributed by atoms with E-state index >= 15 is 0 Å². The minimum absolute atomic E-state index is 0.719. The lowest BCUT2D eigenvalue weighted by Gasteiger charge is -2.23. The highest BCUT2D eigenvalue weighted by Crippen LogP contribution is 2.21. The highest BCUT2D eigenvalue weighted by molar-refractivity contribution is 7.92. The Morgan fingerprint density at radius 3 is 2.32 bits per heavy atom. The van der Waals surface area contributed by atoms with Gasteiger partial charge in [0, 0.05) is 7.05 Å². The van der Waals surface area contributed by atoms with E-state index in [1.165, 1.54) is 29.0 Å². The fourth-order valence-electron chi connectivity index (χ4n) is 2.45. The van der Waals surface area contributed by atoms with Gasteiger partial charge in [0.15, 0.2) is 0 Å². The Hall–Kier alpha value is -1.07. The summed E-state index contributed by atoms with van der Waals surface area (Å²) in [5.41, 5.74) is 2.01. The molecule has 1 aromatic carbocycles. The van der Waals surface area contributed by atoms with Gasteiger partial charge in [-0.3, -0.25) is 4.31 Å². The van der Waals surface area contributed by atoms with Crippen LogP contribution in [0.5, 0.6) is 0 Å². The maximum absolute atomic E-state index is 11.5. The minimum Gasteiger partial charge on any atom is -0.317 e. The second kappa shape index (κ2) is 5.92. The van der Waals surface area contributed by atoms with Crippen molar-refractivity contribution in [2.24, 2.45) is 5.92 Å². The van der Waals surface area contributed by atoms with E-state index in [1.54, 1.807) is 7.05 Å². The maximum Gasteiger partial charge on any atom is 0.231 e. The van der Waals surface area contributed by atoms with Crippen molar-refractivity contribution in [3.8, 4) is 0 Å². The molecule has 1 aliphatic heterocycles. The van der Waals surface area contributed by atoms with E-state index < -0.39 is 10.0 Å². The van der Waals surface area contributed by atoms with Gasteiger partial charge in [-0.25, -0.2) is 8.42 Å². The summed E-state index contributed by atoms with van der Waals surface area (Å²) >= 11 is 0. The molecule has 5 heteroatoms. The first-order chi connectivity index (χ1) is 8.97. The van der Waals surface area contributed by atoms with Gasteiger partial charge in [-0.1, -0.05) is 12.1 Å². The molecule has 1 N–H and O–H groups in total. The molecule has 19 heavy (non-hydrogen) atoms. The van der Waals surface area contributed by atoms with Gasteiger partial charge in [-0.15, -0.1) is 0 Å². The summed E-state index contributed by atoms with van der Waals surface area (Å²) in [6.45, 7) is 2.22. The molecule has 0 aliphatic carbocycles. The molecule has 4 nitrogen and oxygen atoms in total. The zero-order valence-electron chi connectivity index (χ0n) is 11.6. The van der Waals surface area contributed by atoms with Crippen molar-refractivity contribution in [3.63, 3.8) is 0 Å². The lowest BCUT2D eigenvalue weighted by atomic mass is 9.91. The Kier molecular flexibility index (Phi) is 4.47. The summed E-state index contributed by atoms with van der Waals surface area (Å²) in [6.07, 6.45) is 4.76. The second-order valence-corrected chi connectivity index (χ2v) is 7.31. The van der Waals surface area contributed by atoms with E-state index in [-0.39, 0.29) is 0 Å². The topological polar surface area (TPSA) is 49.4 Å². The van der Waals surface area contributed by atoms with Gasteiger partial charge in [0.2, 0.25) is 10.0 Å². The van der Waals surface area contributed by atoms with Crippen molar-refractivity contribution >= 4 is 15.7 Å². The molecule has 0 saturated carbocycles. The first-order valence-corrected chi connectivity index (χ1v) is 8.55. The minimum atomic E-state index is -3.17. The highest BCUT2D eigenvalue weighted by Gasteiger charge is 2.14. The van der Waals surface area contributed by atoms with E-state index in [2.05, 4.69) is 5.32 Å². The number of piperidine rings is 1. The Labute approximate surface area is 115 Å². The standard InChI is InChI=1S/C14H22N2O2S/c1-16(19(2,17)18)14-5-3-12(4-6-14)11-13-7-9-15-10-8-13/h3-6,13,15H,7-11H2,1-2H3. The molecule has 1 aromatic rings. The van der Waals surface area contributed by atoms with Gasteiger partial charge >= 0.3 is 0 Å². The SMILES string of the molecule is CN(c1ccc(CC2CCNCC2)cc1)S(C)(=O)=O. The van der Waals surface area contributed by atoms with Crippen LogP contribution < -0.4 is 9.62 Å². The van der Waals surface area contributed by atoms with Crippen molar-refractivity contribution in [2.75, 3.05) is 30.7 Å². The Morgan fingerprint density at radius 2 is 1.79 bits per heavy atom. The fraction of sp³-hybridized carbons (Fsp3) is 0.571. The largest absolute Gasteiger partial charge is 0.317 e. The zero-order chi connectivity index (χ0) is 13.9. The van der Waals surface area contributed by atoms with Crippen molar-refractivity contribution in [3.05, 3.63) is 29.8 Å². The van der Waals surface area contributed by atoms with Crippen LogP contribution in [0.4, 0.5) is 5.69 Å². The average Bonchev–Trinajstić information content (AvgIpc) is 2.39. The molecular formula is C14H22N2O2S. The van der Waals surface area contributed by atoms with Crippen LogP contribution in [0.2, 0.25) is 0 Å². The van der Waals surface area contributed by atoms with Crippen LogP contribution in [0.15, 0.2) is 24.3 Å². The van der Waals surface area contributed by atoms with E-state index in [0.717, 1.165) is 31.1 Å². The molecule has 0 atom stereocenters. The smallest absolute Gasteiger partial charge is 0.231 e. The summed E-state index contributed by atoms with van der Waals surface area (Å²) in [7, 11) is -1.59. The van der Waals surface area contributed by atoms with Crippen LogP contribution in [0.25, 0.3) is 0 Å². The number of benzene rings is 1. The van der Waals surface area contributed by atoms with Gasteiger partial charge < -0.3 is 5.32 Å². The lowest BCUT2D eigenvalue weighted by molar-refractivity contribution is 0.372. The van der Waals surface area contributed by atoms with Gasteiger partial charge in [0.25, 0.3) is 0 Å². The van der Waals surface area contributed by atoms with E-state index in [9.17, 15) is 8.42 Å². The quantitative estimate of drug-likeness (QED) is 0.913. The third-order valence-corrected chi connectivity index (χ3v) is 4.99. The number of sulfonamides is 1. The molecule has 1 aliphatic rings. The fourth-order valence-corrected chi connectivity index (χ4v) is 2.96. The Bertz CT molecular complexity index is 505. The number of nitrogens with one attached hydrogen (secondary N) is 1. The number of rotatable bonds is 4. The van der Waals surface area contributed by atoms with Crippen LogP contribution in [-0.2, 0) is 16.4 Å². The molecule has 0 amide bonds. The monoisotopic (exact) mass is 282 g/mol. The van der Waals surface area contributed by atoms with Crippen molar-refractivity contribution < 1.29 is 8.42 Å². The van der Waals surface area contributed by atoms with Crippen molar-refractivity contribution in [2.45, 2.75) is 19.3 Å². The van der Waals surface area contributed by atoms with Crippen molar-refractivity contribution in [1.82, 2.24) is 5.32 Å². The van der Waals surface area contributed by atoms with Crippen LogP contribution >= 0.6 is 0 Å². The molecule has 106 valence electrons. The molecule has 2 rings (SSSR count). The second-order valence-electron chi connectivity index (χ2n) is 5.29. The van der Waals surface area contributed by atoms with E-state index in [4.69, 9.17) is 0 Å². The van der Waals surface area contributed by atoms with E-state index in [1.807, 2.05) is 24.3 Å². The molecule has 0 spiro atoms. The molecular weight excluding hydrogens is 260 g/mol. The molecule has 0 radical (unpaired) electrons. The predicted octanol–water partition coefficient (Wildman–Crippen LogP) is 1.62. The first kappa shape index (κ1) is 14.3. The van der Waals surface area contributed by atoms with E-state index in [0.29, 0.717) is 0 Å². The predicted molar refractivity (Wildman–Crippen MR) is 79.0 cm³/mol. The lowest BCUT2D eigenvalue weighted by Crippen LogP contribution is -2.28. The van der Waals surface area contributed by atoms with Crippen LogP contribution in [0, 0.1) is 5.92 Å². The van der Waals surface area contributed by atoms with Gasteiger partial charge in [-0.05, 0) is 56.0 Å². The summed E-state index contributed by atoms with van der Waals surface area (Å²) in [4.78, 5) is 0. The number of hydrogen-bond donors (Lipinski definition) is 1. The molecule has 0 aromatic heterocycles. The highest BCUT2D eigenvalue weighted by atomic mass is 32.2. The maximum atomic E-state index is 11.5. The Balaban J connectivity index is 2.02. The first-order valence-electron chi connectivity index (χ1n) is 6.70. The number of hydrogen-bond acceptors (Lipinski definition) is 3. The summed E-state index contributed by atoms with van der Waals surface area (Å²) < 4.78 is 24.2. The third-order valence-electron chi connectivity index (χ3n) is 3.78. The van der Waals surface area contributed by atoms with Gasteiger partial charge in [0.1, 0.15) is 0 Å². The summed E-state index contributed by atoms with van der Waals surface area (Å²) in [5.74, 6) is 0.750. The summed E-state index contributed by atoms with van der Waals surface area (Å²) in [6, 6.07) is 7.85. The van der Waals surface area contributed by atoms with Crippen molar-refractivity contribution in [1.29, 1.82) is 0 Å². The van der Waals surface area contributed by atoms with Crippen LogP contribution in [0.3, 0.4) is 0 Å². The normalized spacial score (nSPS) is 17.4.